The number of H-pyrrole nitrogens is 1. The summed E-state index contributed by atoms with van der Waals surface area (Å²) in [5.74, 6) is 2.87. The molecule has 6 aromatic rings. The van der Waals surface area contributed by atoms with Gasteiger partial charge in [0.1, 0.15) is 17.2 Å². The van der Waals surface area contributed by atoms with E-state index in [-0.39, 0.29) is 37.2 Å². The van der Waals surface area contributed by atoms with Gasteiger partial charge in [-0.15, -0.1) is 6.42 Å². The van der Waals surface area contributed by atoms with Crippen molar-refractivity contribution in [2.24, 2.45) is 11.8 Å². The second-order valence-electron chi connectivity index (χ2n) is 13.9. The number of benzene rings is 3. The number of amides is 1. The topological polar surface area (TPSA) is 145 Å². The molecule has 1 spiro atoms. The fourth-order valence-corrected chi connectivity index (χ4v) is 8.35. The number of fused-ring (bicyclic) bond motifs is 7. The molecule has 11 nitrogen and oxygen atoms in total. The number of carbonyl (C=O) groups is 2. The third-order valence-electron chi connectivity index (χ3n) is 10.7. The first-order valence-corrected chi connectivity index (χ1v) is 17.0. The molecule has 4 aliphatic rings. The van der Waals surface area contributed by atoms with Crippen LogP contribution in [0.5, 0.6) is 5.75 Å². The molecule has 0 saturated carbocycles. The molecule has 3 N–H and O–H groups in total. The second-order valence-corrected chi connectivity index (χ2v) is 13.9. The molecule has 10 bridgehead atoms. The van der Waals surface area contributed by atoms with Crippen molar-refractivity contribution in [3.05, 3.63) is 95.3 Å². The van der Waals surface area contributed by atoms with E-state index in [1.165, 1.54) is 0 Å². The van der Waals surface area contributed by atoms with Gasteiger partial charge in [0.2, 0.25) is 17.7 Å². The van der Waals surface area contributed by atoms with E-state index in [1.807, 2.05) is 44.3 Å². The third-order valence-corrected chi connectivity index (χ3v) is 10.7. The molecule has 0 saturated heterocycles. The maximum Gasteiger partial charge on any atom is 0.307 e. The summed E-state index contributed by atoms with van der Waals surface area (Å²) in [5, 5.41) is 7.94. The molecular formula is C40H31N5O6. The number of nitrogens with one attached hydrogen (secondary N) is 3. The zero-order valence-electron chi connectivity index (χ0n) is 27.7. The van der Waals surface area contributed by atoms with E-state index in [0.717, 1.165) is 50.0 Å². The lowest BCUT2D eigenvalue weighted by molar-refractivity contribution is -0.145. The van der Waals surface area contributed by atoms with Gasteiger partial charge in [-0.1, -0.05) is 62.2 Å². The van der Waals surface area contributed by atoms with Gasteiger partial charge in [0, 0.05) is 45.0 Å². The van der Waals surface area contributed by atoms with E-state index in [9.17, 15) is 9.59 Å². The number of hydrogen-bond donors (Lipinski definition) is 3. The fourth-order valence-electron chi connectivity index (χ4n) is 8.35. The summed E-state index contributed by atoms with van der Waals surface area (Å²) in [6, 6.07) is 17.7. The highest BCUT2D eigenvalue weighted by Gasteiger charge is 2.61. The lowest BCUT2D eigenvalue weighted by Gasteiger charge is -2.28. The highest BCUT2D eigenvalue weighted by molar-refractivity contribution is 6.07. The SMILES string of the molecule is C#CCOC(=O)C[C@H]1Cc2ccc3c(c2)C24c5cccc(c5N[C@H]2O3)-c2cccc3[nH]cc(c23)-c2cnc(o2)-c2nc(oc24)[C@H](C(C)C)NC1=O. The Morgan fingerprint density at radius 1 is 1.08 bits per heavy atom. The van der Waals surface area contributed by atoms with Crippen LogP contribution in [0.25, 0.3) is 44.9 Å². The highest BCUT2D eigenvalue weighted by Crippen LogP contribution is 2.61. The van der Waals surface area contributed by atoms with Gasteiger partial charge in [-0.05, 0) is 35.6 Å². The third kappa shape index (κ3) is 4.07. The minimum absolute atomic E-state index is 0.141. The number of carbonyl (C=O) groups excluding carboxylic acids is 2. The molecule has 7 heterocycles. The Kier molecular flexibility index (Phi) is 6.16. The molecular weight excluding hydrogens is 646 g/mol. The van der Waals surface area contributed by atoms with E-state index in [2.05, 4.69) is 51.9 Å². The Morgan fingerprint density at radius 2 is 1.94 bits per heavy atom. The summed E-state index contributed by atoms with van der Waals surface area (Å²) in [6.07, 6.45) is 8.49. The van der Waals surface area contributed by atoms with Crippen molar-refractivity contribution in [1.82, 2.24) is 20.3 Å². The van der Waals surface area contributed by atoms with Crippen molar-refractivity contribution >= 4 is 28.5 Å². The highest BCUT2D eigenvalue weighted by atomic mass is 16.5. The van der Waals surface area contributed by atoms with Gasteiger partial charge in [0.15, 0.2) is 30.0 Å². The summed E-state index contributed by atoms with van der Waals surface area (Å²) in [5.41, 5.74) is 6.78. The van der Waals surface area contributed by atoms with E-state index in [0.29, 0.717) is 28.9 Å². The van der Waals surface area contributed by atoms with Crippen LogP contribution in [0.1, 0.15) is 54.7 Å². The molecule has 252 valence electrons. The van der Waals surface area contributed by atoms with Crippen LogP contribution >= 0.6 is 0 Å². The molecule has 51 heavy (non-hydrogen) atoms. The Hall–Kier alpha value is -6.28. The molecule has 10 rings (SSSR count). The van der Waals surface area contributed by atoms with Gasteiger partial charge >= 0.3 is 5.97 Å². The van der Waals surface area contributed by atoms with Crippen LogP contribution in [0.3, 0.4) is 0 Å². The molecule has 4 atom stereocenters. The molecule has 3 aromatic heterocycles. The number of esters is 1. The molecule has 3 aromatic carbocycles. The van der Waals surface area contributed by atoms with E-state index in [1.54, 1.807) is 6.20 Å². The molecule has 11 heteroatoms. The minimum Gasteiger partial charge on any atom is -0.469 e. The number of terminal acetylenes is 1. The Labute approximate surface area is 291 Å². The number of aromatic amines is 1. The number of ether oxygens (including phenoxy) is 2. The number of para-hydroxylation sites is 1. The van der Waals surface area contributed by atoms with Gasteiger partial charge in [-0.3, -0.25) is 9.59 Å². The predicted molar refractivity (Wildman–Crippen MR) is 186 cm³/mol. The minimum atomic E-state index is -1.04. The Bertz CT molecular complexity index is 2500. The summed E-state index contributed by atoms with van der Waals surface area (Å²) < 4.78 is 25.6. The molecule has 1 amide bonds. The van der Waals surface area contributed by atoms with Crippen molar-refractivity contribution < 1.29 is 27.9 Å². The Morgan fingerprint density at radius 3 is 2.80 bits per heavy atom. The van der Waals surface area contributed by atoms with Gasteiger partial charge in [-0.25, -0.2) is 9.97 Å². The average Bonchev–Trinajstić information content (AvgIpc) is 3.95. The van der Waals surface area contributed by atoms with E-state index >= 15 is 0 Å². The van der Waals surface area contributed by atoms with Gasteiger partial charge < -0.3 is 33.9 Å². The summed E-state index contributed by atoms with van der Waals surface area (Å²) in [4.78, 5) is 40.2. The summed E-state index contributed by atoms with van der Waals surface area (Å²) in [7, 11) is 0. The maximum absolute atomic E-state index is 14.1. The first-order valence-electron chi connectivity index (χ1n) is 17.0. The maximum atomic E-state index is 14.1. The smallest absolute Gasteiger partial charge is 0.307 e. The second kappa shape index (κ2) is 10.6. The van der Waals surface area contributed by atoms with Crippen molar-refractivity contribution in [3.63, 3.8) is 0 Å². The molecule has 0 aliphatic carbocycles. The van der Waals surface area contributed by atoms with Crippen molar-refractivity contribution in [2.45, 2.75) is 44.4 Å². The fraction of sp³-hybridized carbons (Fsp3) is 0.250. The van der Waals surface area contributed by atoms with Crippen molar-refractivity contribution in [2.75, 3.05) is 11.9 Å². The van der Waals surface area contributed by atoms with E-state index in [4.69, 9.17) is 34.7 Å². The number of anilines is 1. The largest absolute Gasteiger partial charge is 0.469 e. The van der Waals surface area contributed by atoms with Crippen LogP contribution in [0.15, 0.2) is 75.8 Å². The lowest BCUT2D eigenvalue weighted by atomic mass is 9.72. The van der Waals surface area contributed by atoms with Crippen LogP contribution < -0.4 is 15.4 Å². The van der Waals surface area contributed by atoms with Crippen LogP contribution in [-0.2, 0) is 26.2 Å². The van der Waals surface area contributed by atoms with Crippen LogP contribution in [-0.4, -0.2) is 39.7 Å². The molecule has 1 unspecified atom stereocenters. The van der Waals surface area contributed by atoms with Gasteiger partial charge in [0.05, 0.1) is 18.5 Å². The van der Waals surface area contributed by atoms with Gasteiger partial charge in [0.25, 0.3) is 0 Å². The number of oxazole rings is 2. The average molecular weight is 678 g/mol. The predicted octanol–water partition coefficient (Wildman–Crippen LogP) is 6.49. The van der Waals surface area contributed by atoms with Crippen molar-refractivity contribution in [1.29, 1.82) is 0 Å². The number of rotatable bonds is 4. The zero-order valence-corrected chi connectivity index (χ0v) is 27.7. The van der Waals surface area contributed by atoms with Crippen LogP contribution in [0.4, 0.5) is 5.69 Å². The molecule has 4 aliphatic heterocycles. The van der Waals surface area contributed by atoms with Crippen LogP contribution in [0, 0.1) is 24.2 Å². The zero-order chi connectivity index (χ0) is 34.6. The number of nitrogens with zero attached hydrogens (tertiary/aromatic N) is 2. The van der Waals surface area contributed by atoms with Gasteiger partial charge in [-0.2, -0.15) is 0 Å². The molecule has 0 radical (unpaired) electrons. The quantitative estimate of drug-likeness (QED) is 0.141. The van der Waals surface area contributed by atoms with Crippen molar-refractivity contribution in [3.8, 4) is 52.1 Å². The van der Waals surface area contributed by atoms with Crippen LogP contribution in [0.2, 0.25) is 0 Å². The number of hydrogen-bond acceptors (Lipinski definition) is 9. The lowest BCUT2D eigenvalue weighted by Crippen LogP contribution is -2.40. The standard InChI is InChI=1S/C40H31N5O6/c1-4-13-48-30(46)16-21-14-20-11-12-28-26(15-20)40-25-9-5-8-23(33(25)45-39(40)50-28)22-7-6-10-27-31(22)24(17-41-27)29-18-42-37(49-29)34-35(40)51-38(44-34)32(19(2)3)43-36(21)47/h1,5-12,15,17-19,21,32,39,41,45H,13-14,16H2,2-3H3,(H,43,47)/t21-,32+,39+,40?/m1/s1. The first-order chi connectivity index (χ1) is 24.8. The Balaban J connectivity index is 1.29. The number of aromatic nitrogens is 3. The first kappa shape index (κ1) is 29.6. The monoisotopic (exact) mass is 677 g/mol. The summed E-state index contributed by atoms with van der Waals surface area (Å²) in [6.45, 7) is 3.80. The van der Waals surface area contributed by atoms with E-state index < -0.39 is 29.6 Å². The summed E-state index contributed by atoms with van der Waals surface area (Å²) >= 11 is 0. The molecule has 0 fully saturated rings. The normalized spacial score (nSPS) is 21.8.